The van der Waals surface area contributed by atoms with Gasteiger partial charge in [0.15, 0.2) is 5.82 Å². The average molecular weight is 214 g/mol. The van der Waals surface area contributed by atoms with Crippen molar-refractivity contribution in [1.29, 1.82) is 0 Å². The molecule has 0 aliphatic carbocycles. The molecule has 1 aliphatic heterocycles. The summed E-state index contributed by atoms with van der Waals surface area (Å²) in [5.41, 5.74) is 2.30. The molecule has 0 amide bonds. The summed E-state index contributed by atoms with van der Waals surface area (Å²) in [5.74, 6) is 1.96. The minimum absolute atomic E-state index is 0.260. The van der Waals surface area contributed by atoms with Gasteiger partial charge in [-0.05, 0) is 25.5 Å². The lowest BCUT2D eigenvalue weighted by atomic mass is 10.1. The lowest BCUT2D eigenvalue weighted by molar-refractivity contribution is 0.656. The van der Waals surface area contributed by atoms with Crippen LogP contribution < -0.4 is 5.32 Å². The standard InChI is InChI=1S/C12H14N4/c1-3-9-12-15-14-8(2)16(12)11-7-5-4-6-10(11)13-9/h4-7,9,13H,3H2,1-2H3. The van der Waals surface area contributed by atoms with Crippen LogP contribution in [0.15, 0.2) is 24.3 Å². The maximum Gasteiger partial charge on any atom is 0.160 e. The van der Waals surface area contributed by atoms with Crippen LogP contribution in [0.3, 0.4) is 0 Å². The third-order valence-corrected chi connectivity index (χ3v) is 3.04. The van der Waals surface area contributed by atoms with Crippen molar-refractivity contribution < 1.29 is 0 Å². The van der Waals surface area contributed by atoms with Gasteiger partial charge in [0.1, 0.15) is 5.82 Å². The Morgan fingerprint density at radius 3 is 2.94 bits per heavy atom. The first kappa shape index (κ1) is 9.39. The number of aromatic nitrogens is 3. The molecule has 0 radical (unpaired) electrons. The number of aryl methyl sites for hydroxylation is 1. The zero-order valence-corrected chi connectivity index (χ0v) is 9.44. The molecule has 4 nitrogen and oxygen atoms in total. The van der Waals surface area contributed by atoms with Gasteiger partial charge in [0.05, 0.1) is 17.4 Å². The second kappa shape index (κ2) is 3.33. The Morgan fingerprint density at radius 2 is 2.12 bits per heavy atom. The molecule has 0 spiro atoms. The molecule has 1 aliphatic rings. The summed E-state index contributed by atoms with van der Waals surface area (Å²) in [6, 6.07) is 8.53. The molecule has 4 heteroatoms. The SMILES string of the molecule is CCC1Nc2ccccc2-n2c(C)nnc21. The van der Waals surface area contributed by atoms with Crippen molar-refractivity contribution in [2.24, 2.45) is 0 Å². The van der Waals surface area contributed by atoms with Gasteiger partial charge < -0.3 is 5.32 Å². The summed E-state index contributed by atoms with van der Waals surface area (Å²) in [5, 5.41) is 11.9. The molecule has 0 bridgehead atoms. The van der Waals surface area contributed by atoms with Crippen LogP contribution in [0, 0.1) is 6.92 Å². The largest absolute Gasteiger partial charge is 0.373 e. The van der Waals surface area contributed by atoms with Gasteiger partial charge in [-0.25, -0.2) is 0 Å². The normalized spacial score (nSPS) is 17.5. The Hall–Kier alpha value is -1.84. The van der Waals surface area contributed by atoms with E-state index in [-0.39, 0.29) is 6.04 Å². The highest BCUT2D eigenvalue weighted by Crippen LogP contribution is 2.33. The first-order valence-corrected chi connectivity index (χ1v) is 5.59. The molecule has 1 atom stereocenters. The molecular formula is C12H14N4. The number of para-hydroxylation sites is 2. The number of rotatable bonds is 1. The monoisotopic (exact) mass is 214 g/mol. The van der Waals surface area contributed by atoms with E-state index < -0.39 is 0 Å². The van der Waals surface area contributed by atoms with E-state index in [0.29, 0.717) is 0 Å². The van der Waals surface area contributed by atoms with Gasteiger partial charge in [0.2, 0.25) is 0 Å². The maximum atomic E-state index is 4.26. The van der Waals surface area contributed by atoms with Crippen molar-refractivity contribution in [3.8, 4) is 5.69 Å². The smallest absolute Gasteiger partial charge is 0.160 e. The van der Waals surface area contributed by atoms with Gasteiger partial charge in [-0.2, -0.15) is 0 Å². The van der Waals surface area contributed by atoms with Crippen molar-refractivity contribution in [2.75, 3.05) is 5.32 Å². The van der Waals surface area contributed by atoms with Gasteiger partial charge in [0, 0.05) is 0 Å². The van der Waals surface area contributed by atoms with Crippen LogP contribution in [-0.2, 0) is 0 Å². The molecule has 16 heavy (non-hydrogen) atoms. The van der Waals surface area contributed by atoms with Crippen LogP contribution in [0.4, 0.5) is 5.69 Å². The summed E-state index contributed by atoms with van der Waals surface area (Å²) in [7, 11) is 0. The van der Waals surface area contributed by atoms with Crippen molar-refractivity contribution in [3.63, 3.8) is 0 Å². The Kier molecular flexibility index (Phi) is 1.96. The molecule has 0 saturated carbocycles. The summed E-state index contributed by atoms with van der Waals surface area (Å²) in [6.07, 6.45) is 1.01. The van der Waals surface area contributed by atoms with Gasteiger partial charge in [-0.3, -0.25) is 4.57 Å². The van der Waals surface area contributed by atoms with E-state index in [2.05, 4.69) is 39.1 Å². The van der Waals surface area contributed by atoms with Gasteiger partial charge in [-0.1, -0.05) is 19.1 Å². The Bertz CT molecular complexity index is 530. The van der Waals surface area contributed by atoms with Crippen molar-refractivity contribution in [2.45, 2.75) is 26.3 Å². The molecular weight excluding hydrogens is 200 g/mol. The number of hydrogen-bond donors (Lipinski definition) is 1. The van der Waals surface area contributed by atoms with Gasteiger partial charge in [-0.15, -0.1) is 10.2 Å². The molecule has 2 heterocycles. The van der Waals surface area contributed by atoms with E-state index in [9.17, 15) is 0 Å². The summed E-state index contributed by atoms with van der Waals surface area (Å²) in [4.78, 5) is 0. The topological polar surface area (TPSA) is 42.7 Å². The highest BCUT2D eigenvalue weighted by molar-refractivity contribution is 5.64. The highest BCUT2D eigenvalue weighted by atomic mass is 15.3. The summed E-state index contributed by atoms with van der Waals surface area (Å²) >= 11 is 0. The number of fused-ring (bicyclic) bond motifs is 3. The van der Waals surface area contributed by atoms with Crippen molar-refractivity contribution >= 4 is 5.69 Å². The van der Waals surface area contributed by atoms with Crippen LogP contribution in [0.5, 0.6) is 0 Å². The number of benzene rings is 1. The molecule has 3 rings (SSSR count). The number of nitrogens with one attached hydrogen (secondary N) is 1. The Balaban J connectivity index is 2.27. The molecule has 1 unspecified atom stereocenters. The van der Waals surface area contributed by atoms with Crippen LogP contribution in [0.25, 0.3) is 5.69 Å². The fourth-order valence-corrected chi connectivity index (χ4v) is 2.23. The number of hydrogen-bond acceptors (Lipinski definition) is 3. The predicted molar refractivity (Wildman–Crippen MR) is 62.8 cm³/mol. The van der Waals surface area contributed by atoms with Crippen LogP contribution in [-0.4, -0.2) is 14.8 Å². The van der Waals surface area contributed by atoms with Gasteiger partial charge in [0.25, 0.3) is 0 Å². The molecule has 82 valence electrons. The van der Waals surface area contributed by atoms with Gasteiger partial charge >= 0.3 is 0 Å². The average Bonchev–Trinajstić information content (AvgIpc) is 2.71. The maximum absolute atomic E-state index is 4.26. The molecule has 1 N–H and O–H groups in total. The highest BCUT2D eigenvalue weighted by Gasteiger charge is 2.25. The minimum atomic E-state index is 0.260. The zero-order chi connectivity index (χ0) is 11.1. The second-order valence-corrected chi connectivity index (χ2v) is 4.06. The Labute approximate surface area is 94.3 Å². The fraction of sp³-hybridized carbons (Fsp3) is 0.333. The minimum Gasteiger partial charge on any atom is -0.373 e. The van der Waals surface area contributed by atoms with E-state index in [1.807, 2.05) is 19.1 Å². The third-order valence-electron chi connectivity index (χ3n) is 3.04. The summed E-state index contributed by atoms with van der Waals surface area (Å²) < 4.78 is 2.14. The van der Waals surface area contributed by atoms with E-state index in [1.165, 1.54) is 0 Å². The second-order valence-electron chi connectivity index (χ2n) is 4.06. The molecule has 2 aromatic rings. The lowest BCUT2D eigenvalue weighted by Gasteiger charge is -2.27. The molecule has 1 aromatic heterocycles. The summed E-state index contributed by atoms with van der Waals surface area (Å²) in [6.45, 7) is 4.14. The van der Waals surface area contributed by atoms with E-state index in [1.54, 1.807) is 0 Å². The number of anilines is 1. The van der Waals surface area contributed by atoms with Crippen molar-refractivity contribution in [1.82, 2.24) is 14.8 Å². The van der Waals surface area contributed by atoms with E-state index >= 15 is 0 Å². The predicted octanol–water partition coefficient (Wildman–Crippen LogP) is 2.45. The van der Waals surface area contributed by atoms with Crippen LogP contribution >= 0.6 is 0 Å². The lowest BCUT2D eigenvalue weighted by Crippen LogP contribution is -2.22. The van der Waals surface area contributed by atoms with E-state index in [0.717, 1.165) is 29.4 Å². The Morgan fingerprint density at radius 1 is 1.31 bits per heavy atom. The first-order valence-electron chi connectivity index (χ1n) is 5.59. The quantitative estimate of drug-likeness (QED) is 0.793. The number of nitrogens with zero attached hydrogens (tertiary/aromatic N) is 3. The van der Waals surface area contributed by atoms with Crippen LogP contribution in [0.2, 0.25) is 0 Å². The van der Waals surface area contributed by atoms with Crippen molar-refractivity contribution in [3.05, 3.63) is 35.9 Å². The molecule has 0 saturated heterocycles. The molecule has 1 aromatic carbocycles. The fourth-order valence-electron chi connectivity index (χ4n) is 2.23. The third kappa shape index (κ3) is 1.16. The van der Waals surface area contributed by atoms with E-state index in [4.69, 9.17) is 0 Å². The first-order chi connectivity index (χ1) is 7.81. The zero-order valence-electron chi connectivity index (χ0n) is 9.44. The van der Waals surface area contributed by atoms with Crippen LogP contribution in [0.1, 0.15) is 31.0 Å². The molecule has 0 fully saturated rings.